The quantitative estimate of drug-likeness (QED) is 0.413. The Kier molecular flexibility index (Phi) is 5.68. The second kappa shape index (κ2) is 8.55. The highest BCUT2D eigenvalue weighted by atomic mass is 32.2. The molecule has 0 unspecified atom stereocenters. The summed E-state index contributed by atoms with van der Waals surface area (Å²) in [5.41, 5.74) is 5.60. The number of benzene rings is 2. The van der Waals surface area contributed by atoms with Crippen molar-refractivity contribution in [2.24, 2.45) is 0 Å². The Hall–Kier alpha value is -3.38. The Morgan fingerprint density at radius 3 is 2.67 bits per heavy atom. The van der Waals surface area contributed by atoms with Crippen molar-refractivity contribution < 1.29 is 4.79 Å². The average Bonchev–Trinajstić information content (AvgIpc) is 2.70. The van der Waals surface area contributed by atoms with Crippen molar-refractivity contribution in [2.45, 2.75) is 30.6 Å². The summed E-state index contributed by atoms with van der Waals surface area (Å²) in [5.74, 6) is -0.0803. The number of hydrogen-bond acceptors (Lipinski definition) is 5. The molecule has 2 heterocycles. The van der Waals surface area contributed by atoms with Crippen LogP contribution in [0.3, 0.4) is 0 Å². The summed E-state index contributed by atoms with van der Waals surface area (Å²) < 4.78 is 0. The number of anilines is 3. The van der Waals surface area contributed by atoms with E-state index in [2.05, 4.69) is 45.7 Å². The number of rotatable bonds is 5. The van der Waals surface area contributed by atoms with Gasteiger partial charge < -0.3 is 10.6 Å². The molecule has 0 aliphatic carbocycles. The van der Waals surface area contributed by atoms with Gasteiger partial charge in [0.25, 0.3) is 0 Å². The molecule has 0 saturated carbocycles. The maximum absolute atomic E-state index is 11.4. The molecule has 4 aromatic rings. The van der Waals surface area contributed by atoms with Crippen molar-refractivity contribution in [3.8, 4) is 0 Å². The Morgan fingerprint density at radius 1 is 0.967 bits per heavy atom. The first-order valence-corrected chi connectivity index (χ1v) is 10.4. The Balaban J connectivity index is 1.68. The van der Waals surface area contributed by atoms with Crippen molar-refractivity contribution in [1.29, 1.82) is 0 Å². The number of aryl methyl sites for hydroxylation is 2. The van der Waals surface area contributed by atoms with Crippen LogP contribution in [-0.4, -0.2) is 15.9 Å². The fraction of sp³-hybridized carbons (Fsp3) is 0.125. The lowest BCUT2D eigenvalue weighted by Crippen LogP contribution is -2.05. The summed E-state index contributed by atoms with van der Waals surface area (Å²) >= 11 is 1.65. The van der Waals surface area contributed by atoms with E-state index in [1.165, 1.54) is 12.5 Å². The topological polar surface area (TPSA) is 66.9 Å². The molecule has 0 spiro atoms. The van der Waals surface area contributed by atoms with Gasteiger partial charge in [0.1, 0.15) is 0 Å². The highest BCUT2D eigenvalue weighted by Crippen LogP contribution is 2.37. The van der Waals surface area contributed by atoms with E-state index in [0.29, 0.717) is 0 Å². The van der Waals surface area contributed by atoms with Gasteiger partial charge >= 0.3 is 0 Å². The summed E-state index contributed by atoms with van der Waals surface area (Å²) in [5, 5.41) is 7.39. The van der Waals surface area contributed by atoms with Gasteiger partial charge in [-0.15, -0.1) is 0 Å². The van der Waals surface area contributed by atoms with Gasteiger partial charge in [-0.1, -0.05) is 23.9 Å². The van der Waals surface area contributed by atoms with Gasteiger partial charge in [-0.2, -0.15) is 0 Å². The summed E-state index contributed by atoms with van der Waals surface area (Å²) in [6.45, 7) is 5.55. The Bertz CT molecular complexity index is 1240. The highest BCUT2D eigenvalue weighted by Gasteiger charge is 2.10. The van der Waals surface area contributed by atoms with E-state index in [1.807, 2.05) is 49.4 Å². The SMILES string of the molecule is CC(=O)Nc1cccc(Sc2ccc(C)cc2Nc2ccnc3nc(C)ccc23)c1. The molecule has 0 aliphatic heterocycles. The van der Waals surface area contributed by atoms with Gasteiger partial charge in [-0.3, -0.25) is 4.79 Å². The summed E-state index contributed by atoms with van der Waals surface area (Å²) in [6.07, 6.45) is 1.77. The van der Waals surface area contributed by atoms with Crippen LogP contribution in [0.5, 0.6) is 0 Å². The smallest absolute Gasteiger partial charge is 0.221 e. The largest absolute Gasteiger partial charge is 0.354 e. The normalized spacial score (nSPS) is 10.8. The minimum absolute atomic E-state index is 0.0803. The lowest BCUT2D eigenvalue weighted by Gasteiger charge is -2.15. The highest BCUT2D eigenvalue weighted by molar-refractivity contribution is 7.99. The van der Waals surface area contributed by atoms with Crippen LogP contribution in [0.4, 0.5) is 17.1 Å². The van der Waals surface area contributed by atoms with E-state index in [9.17, 15) is 4.79 Å². The molecule has 0 radical (unpaired) electrons. The summed E-state index contributed by atoms with van der Waals surface area (Å²) in [7, 11) is 0. The first kappa shape index (κ1) is 19.9. The van der Waals surface area contributed by atoms with E-state index >= 15 is 0 Å². The minimum Gasteiger partial charge on any atom is -0.354 e. The number of fused-ring (bicyclic) bond motifs is 1. The molecule has 30 heavy (non-hydrogen) atoms. The summed E-state index contributed by atoms with van der Waals surface area (Å²) in [6, 6.07) is 20.2. The van der Waals surface area contributed by atoms with Crippen molar-refractivity contribution in [3.05, 3.63) is 78.1 Å². The van der Waals surface area contributed by atoms with Gasteiger partial charge in [0.2, 0.25) is 5.91 Å². The predicted molar refractivity (Wildman–Crippen MR) is 124 cm³/mol. The predicted octanol–water partition coefficient (Wildman–Crippen LogP) is 6.10. The van der Waals surface area contributed by atoms with Gasteiger partial charge in [0, 0.05) is 39.7 Å². The first-order chi connectivity index (χ1) is 14.5. The van der Waals surface area contributed by atoms with Crippen LogP contribution >= 0.6 is 11.8 Å². The van der Waals surface area contributed by atoms with Crippen molar-refractivity contribution in [2.75, 3.05) is 10.6 Å². The molecule has 0 fully saturated rings. The van der Waals surface area contributed by atoms with Gasteiger partial charge in [0.15, 0.2) is 5.65 Å². The number of nitrogens with one attached hydrogen (secondary N) is 2. The lowest BCUT2D eigenvalue weighted by atomic mass is 10.2. The third-order valence-electron chi connectivity index (χ3n) is 4.53. The molecule has 2 aromatic heterocycles. The molecule has 150 valence electrons. The van der Waals surface area contributed by atoms with Crippen LogP contribution in [0, 0.1) is 13.8 Å². The van der Waals surface area contributed by atoms with Crippen molar-refractivity contribution >= 4 is 45.8 Å². The standard InChI is InChI=1S/C24H22N4OS/c1-15-7-10-23(30-19-6-4-5-18(14-19)27-17(3)29)22(13-15)28-21-11-12-25-24-20(21)9-8-16(2)26-24/h4-14H,1-3H3,(H,27,29)(H,25,26,28). The molecule has 6 heteroatoms. The molecular formula is C24H22N4OS. The Morgan fingerprint density at radius 2 is 1.83 bits per heavy atom. The number of amides is 1. The third-order valence-corrected chi connectivity index (χ3v) is 5.59. The number of nitrogens with zero attached hydrogens (tertiary/aromatic N) is 2. The molecule has 0 aliphatic rings. The monoisotopic (exact) mass is 414 g/mol. The minimum atomic E-state index is -0.0803. The molecule has 4 rings (SSSR count). The van der Waals surface area contributed by atoms with Crippen LogP contribution in [0.15, 0.2) is 76.7 Å². The lowest BCUT2D eigenvalue weighted by molar-refractivity contribution is -0.114. The molecule has 2 N–H and O–H groups in total. The number of pyridine rings is 2. The maximum Gasteiger partial charge on any atom is 0.221 e. The van der Waals surface area contributed by atoms with Crippen LogP contribution in [0.2, 0.25) is 0 Å². The van der Waals surface area contributed by atoms with Crippen LogP contribution in [-0.2, 0) is 4.79 Å². The fourth-order valence-corrected chi connectivity index (χ4v) is 4.12. The van der Waals surface area contributed by atoms with Crippen LogP contribution in [0.1, 0.15) is 18.2 Å². The second-order valence-electron chi connectivity index (χ2n) is 7.12. The number of aromatic nitrogens is 2. The molecule has 1 amide bonds. The number of hydrogen-bond donors (Lipinski definition) is 2. The third kappa shape index (κ3) is 4.60. The van der Waals surface area contributed by atoms with E-state index < -0.39 is 0 Å². The molecule has 5 nitrogen and oxygen atoms in total. The molecule has 0 atom stereocenters. The molecule has 0 bridgehead atoms. The van der Waals surface area contributed by atoms with E-state index in [-0.39, 0.29) is 5.91 Å². The molecule has 0 saturated heterocycles. The number of carbonyl (C=O) groups excluding carboxylic acids is 1. The van der Waals surface area contributed by atoms with Crippen molar-refractivity contribution in [3.63, 3.8) is 0 Å². The molecule has 2 aromatic carbocycles. The van der Waals surface area contributed by atoms with Crippen LogP contribution in [0.25, 0.3) is 11.0 Å². The second-order valence-corrected chi connectivity index (χ2v) is 8.23. The Labute approximate surface area is 180 Å². The fourth-order valence-electron chi connectivity index (χ4n) is 3.18. The summed E-state index contributed by atoms with van der Waals surface area (Å²) in [4.78, 5) is 22.4. The van der Waals surface area contributed by atoms with Gasteiger partial charge in [-0.25, -0.2) is 9.97 Å². The molecular weight excluding hydrogens is 392 g/mol. The maximum atomic E-state index is 11.4. The first-order valence-electron chi connectivity index (χ1n) is 9.63. The number of carbonyl (C=O) groups is 1. The zero-order valence-corrected chi connectivity index (χ0v) is 17.9. The van der Waals surface area contributed by atoms with E-state index in [1.54, 1.807) is 18.0 Å². The zero-order chi connectivity index (χ0) is 21.1. The van der Waals surface area contributed by atoms with Gasteiger partial charge in [-0.05, 0) is 67.9 Å². The van der Waals surface area contributed by atoms with Gasteiger partial charge in [0.05, 0.1) is 11.4 Å². The van der Waals surface area contributed by atoms with Crippen LogP contribution < -0.4 is 10.6 Å². The zero-order valence-electron chi connectivity index (χ0n) is 17.1. The van der Waals surface area contributed by atoms with E-state index in [0.717, 1.165) is 43.6 Å². The van der Waals surface area contributed by atoms with Crippen molar-refractivity contribution in [1.82, 2.24) is 9.97 Å². The van der Waals surface area contributed by atoms with E-state index in [4.69, 9.17) is 0 Å². The average molecular weight is 415 g/mol.